The number of nitrogens with one attached hydrogen (secondary N) is 2. The van der Waals surface area contributed by atoms with E-state index in [2.05, 4.69) is 10.6 Å². The first-order chi connectivity index (χ1) is 11.5. The number of carbonyl (C=O) groups is 2. The predicted molar refractivity (Wildman–Crippen MR) is 83.7 cm³/mol. The largest absolute Gasteiger partial charge is 0.350 e. The van der Waals surface area contributed by atoms with Crippen molar-refractivity contribution in [3.8, 4) is 0 Å². The third-order valence-electron chi connectivity index (χ3n) is 3.11. The lowest BCUT2D eigenvalue weighted by atomic mass is 10.2. The lowest BCUT2D eigenvalue weighted by molar-refractivity contribution is -0.384. The van der Waals surface area contributed by atoms with Gasteiger partial charge in [0.05, 0.1) is 11.5 Å². The van der Waals surface area contributed by atoms with Gasteiger partial charge in [0, 0.05) is 24.2 Å². The summed E-state index contributed by atoms with van der Waals surface area (Å²) in [5.41, 5.74) is 0.466. The SMILES string of the molecule is O=C(CNC(=O)c1cccc([N+](=O)[O-])c1)NCc1cccc(F)c1. The molecule has 0 saturated heterocycles. The quantitative estimate of drug-likeness (QED) is 0.622. The maximum atomic E-state index is 13.0. The number of benzene rings is 2. The molecule has 2 aromatic rings. The third kappa shape index (κ3) is 4.87. The Kier molecular flexibility index (Phi) is 5.56. The second-order valence-electron chi connectivity index (χ2n) is 4.90. The average Bonchev–Trinajstić information content (AvgIpc) is 2.58. The summed E-state index contributed by atoms with van der Waals surface area (Å²) in [5, 5.41) is 15.6. The fourth-order valence-electron chi connectivity index (χ4n) is 1.93. The Balaban J connectivity index is 1.84. The maximum absolute atomic E-state index is 13.0. The molecule has 0 aliphatic heterocycles. The van der Waals surface area contributed by atoms with Gasteiger partial charge in [-0.05, 0) is 23.8 Å². The van der Waals surface area contributed by atoms with E-state index < -0.39 is 22.6 Å². The van der Waals surface area contributed by atoms with Crippen LogP contribution in [0.5, 0.6) is 0 Å². The van der Waals surface area contributed by atoms with Crippen molar-refractivity contribution in [2.24, 2.45) is 0 Å². The van der Waals surface area contributed by atoms with E-state index in [0.717, 1.165) is 6.07 Å². The molecule has 7 nitrogen and oxygen atoms in total. The number of nitro groups is 1. The minimum Gasteiger partial charge on any atom is -0.350 e. The lowest BCUT2D eigenvalue weighted by Crippen LogP contribution is -2.36. The number of nitrogens with zero attached hydrogens (tertiary/aromatic N) is 1. The van der Waals surface area contributed by atoms with Gasteiger partial charge >= 0.3 is 0 Å². The molecule has 0 aromatic heterocycles. The Hall–Kier alpha value is -3.29. The van der Waals surface area contributed by atoms with Crippen LogP contribution >= 0.6 is 0 Å². The number of halogens is 1. The third-order valence-corrected chi connectivity index (χ3v) is 3.11. The van der Waals surface area contributed by atoms with Crippen molar-refractivity contribution in [3.05, 3.63) is 75.6 Å². The number of hydrogen-bond acceptors (Lipinski definition) is 4. The first-order valence-electron chi connectivity index (χ1n) is 6.99. The Morgan fingerprint density at radius 2 is 1.83 bits per heavy atom. The number of nitro benzene ring substituents is 1. The van der Waals surface area contributed by atoms with Crippen LogP contribution in [0.25, 0.3) is 0 Å². The van der Waals surface area contributed by atoms with Crippen molar-refractivity contribution in [3.63, 3.8) is 0 Å². The van der Waals surface area contributed by atoms with Gasteiger partial charge in [0.1, 0.15) is 5.82 Å². The van der Waals surface area contributed by atoms with Crippen molar-refractivity contribution >= 4 is 17.5 Å². The van der Waals surface area contributed by atoms with Crippen LogP contribution in [-0.4, -0.2) is 23.3 Å². The molecule has 24 heavy (non-hydrogen) atoms. The summed E-state index contributed by atoms with van der Waals surface area (Å²) in [5.74, 6) is -1.46. The van der Waals surface area contributed by atoms with Gasteiger partial charge in [-0.3, -0.25) is 19.7 Å². The van der Waals surface area contributed by atoms with Gasteiger partial charge in [-0.2, -0.15) is 0 Å². The minimum absolute atomic E-state index is 0.0853. The van der Waals surface area contributed by atoms with Crippen molar-refractivity contribution in [2.45, 2.75) is 6.54 Å². The molecule has 0 fully saturated rings. The number of non-ortho nitro benzene ring substituents is 1. The molecular formula is C16H14FN3O4. The molecular weight excluding hydrogens is 317 g/mol. The van der Waals surface area contributed by atoms with Crippen molar-refractivity contribution in [2.75, 3.05) is 6.54 Å². The van der Waals surface area contributed by atoms with E-state index in [1.165, 1.54) is 36.4 Å². The molecule has 0 heterocycles. The fraction of sp³-hybridized carbons (Fsp3) is 0.125. The highest BCUT2D eigenvalue weighted by atomic mass is 19.1. The van der Waals surface area contributed by atoms with E-state index in [1.54, 1.807) is 6.07 Å². The monoisotopic (exact) mass is 331 g/mol. The van der Waals surface area contributed by atoms with Gasteiger partial charge < -0.3 is 10.6 Å². The highest BCUT2D eigenvalue weighted by Crippen LogP contribution is 2.12. The Labute approximate surface area is 136 Å². The average molecular weight is 331 g/mol. The molecule has 0 saturated carbocycles. The molecule has 0 unspecified atom stereocenters. The van der Waals surface area contributed by atoms with Crippen LogP contribution < -0.4 is 10.6 Å². The van der Waals surface area contributed by atoms with Crippen LogP contribution in [0, 0.1) is 15.9 Å². The molecule has 0 bridgehead atoms. The van der Waals surface area contributed by atoms with E-state index in [-0.39, 0.29) is 24.3 Å². The van der Waals surface area contributed by atoms with Crippen LogP contribution in [-0.2, 0) is 11.3 Å². The van der Waals surface area contributed by atoms with Gasteiger partial charge in [-0.15, -0.1) is 0 Å². The van der Waals surface area contributed by atoms with Gasteiger partial charge in [0.15, 0.2) is 0 Å². The van der Waals surface area contributed by atoms with Crippen LogP contribution in [0.2, 0.25) is 0 Å². The molecule has 0 radical (unpaired) electrons. The summed E-state index contributed by atoms with van der Waals surface area (Å²) in [6, 6.07) is 11.0. The van der Waals surface area contributed by atoms with Crippen molar-refractivity contribution in [1.29, 1.82) is 0 Å². The topological polar surface area (TPSA) is 101 Å². The molecule has 8 heteroatoms. The van der Waals surface area contributed by atoms with Gasteiger partial charge in [0.2, 0.25) is 5.91 Å². The second kappa shape index (κ2) is 7.82. The number of amides is 2. The van der Waals surface area contributed by atoms with Crippen LogP contribution in [0.4, 0.5) is 10.1 Å². The van der Waals surface area contributed by atoms with Crippen LogP contribution in [0.15, 0.2) is 48.5 Å². The summed E-state index contributed by atoms with van der Waals surface area (Å²) >= 11 is 0. The summed E-state index contributed by atoms with van der Waals surface area (Å²) in [6.45, 7) is -0.167. The first kappa shape index (κ1) is 17.1. The zero-order valence-corrected chi connectivity index (χ0v) is 12.5. The number of carbonyl (C=O) groups excluding carboxylic acids is 2. The minimum atomic E-state index is -0.609. The number of hydrogen-bond donors (Lipinski definition) is 2. The van der Waals surface area contributed by atoms with Crippen molar-refractivity contribution in [1.82, 2.24) is 10.6 Å². The molecule has 0 spiro atoms. The normalized spacial score (nSPS) is 10.0. The highest BCUT2D eigenvalue weighted by molar-refractivity contribution is 5.96. The molecule has 0 aliphatic carbocycles. The first-order valence-corrected chi connectivity index (χ1v) is 6.99. The zero-order chi connectivity index (χ0) is 17.5. The van der Waals surface area contributed by atoms with E-state index in [1.807, 2.05) is 0 Å². The summed E-state index contributed by atoms with van der Waals surface area (Å²) in [6.07, 6.45) is 0. The lowest BCUT2D eigenvalue weighted by Gasteiger charge is -2.07. The Morgan fingerprint density at radius 1 is 1.08 bits per heavy atom. The Morgan fingerprint density at radius 3 is 2.54 bits per heavy atom. The summed E-state index contributed by atoms with van der Waals surface area (Å²) in [7, 11) is 0. The van der Waals surface area contributed by atoms with E-state index in [0.29, 0.717) is 5.56 Å². The molecule has 2 rings (SSSR count). The van der Waals surface area contributed by atoms with Crippen molar-refractivity contribution < 1.29 is 18.9 Å². The molecule has 0 atom stereocenters. The van der Waals surface area contributed by atoms with E-state index >= 15 is 0 Å². The standard InChI is InChI=1S/C16H14FN3O4/c17-13-5-1-3-11(7-13)9-18-15(21)10-19-16(22)12-4-2-6-14(8-12)20(23)24/h1-8H,9-10H2,(H,18,21)(H,19,22). The summed E-state index contributed by atoms with van der Waals surface area (Å²) < 4.78 is 13.0. The van der Waals surface area contributed by atoms with Crippen LogP contribution in [0.1, 0.15) is 15.9 Å². The smallest absolute Gasteiger partial charge is 0.270 e. The molecule has 124 valence electrons. The Bertz CT molecular complexity index is 779. The van der Waals surface area contributed by atoms with E-state index in [9.17, 15) is 24.1 Å². The van der Waals surface area contributed by atoms with E-state index in [4.69, 9.17) is 0 Å². The molecule has 2 N–H and O–H groups in total. The van der Waals surface area contributed by atoms with Gasteiger partial charge in [-0.1, -0.05) is 18.2 Å². The van der Waals surface area contributed by atoms with Crippen LogP contribution in [0.3, 0.4) is 0 Å². The molecule has 2 aromatic carbocycles. The fourth-order valence-corrected chi connectivity index (χ4v) is 1.93. The maximum Gasteiger partial charge on any atom is 0.270 e. The predicted octanol–water partition coefficient (Wildman–Crippen LogP) is 1.78. The second-order valence-corrected chi connectivity index (χ2v) is 4.90. The summed E-state index contributed by atoms with van der Waals surface area (Å²) in [4.78, 5) is 33.6. The van der Waals surface area contributed by atoms with Gasteiger partial charge in [-0.25, -0.2) is 4.39 Å². The number of rotatable bonds is 6. The zero-order valence-electron chi connectivity index (χ0n) is 12.5. The van der Waals surface area contributed by atoms with Gasteiger partial charge in [0.25, 0.3) is 11.6 Å². The highest BCUT2D eigenvalue weighted by Gasteiger charge is 2.12. The molecule has 2 amide bonds. The molecule has 0 aliphatic rings.